The molecule has 1 aliphatic rings. The van der Waals surface area contributed by atoms with Crippen molar-refractivity contribution in [3.63, 3.8) is 0 Å². The van der Waals surface area contributed by atoms with Gasteiger partial charge in [0.15, 0.2) is 0 Å². The molecule has 2 N–H and O–H groups in total. The first-order valence-electron chi connectivity index (χ1n) is 5.10. The molecule has 1 rings (SSSR count). The van der Waals surface area contributed by atoms with Crippen LogP contribution in [0, 0.1) is 5.92 Å². The van der Waals surface area contributed by atoms with Gasteiger partial charge in [-0.15, -0.1) is 0 Å². The Labute approximate surface area is 75.4 Å². The van der Waals surface area contributed by atoms with Crippen molar-refractivity contribution in [2.45, 2.75) is 51.7 Å². The summed E-state index contributed by atoms with van der Waals surface area (Å²) in [6.07, 6.45) is 4.23. The van der Waals surface area contributed by atoms with E-state index in [4.69, 9.17) is 0 Å². The second kappa shape index (κ2) is 4.83. The second-order valence-electron chi connectivity index (χ2n) is 4.31. The van der Waals surface area contributed by atoms with Crippen LogP contribution in [0.25, 0.3) is 0 Å². The van der Waals surface area contributed by atoms with Crippen molar-refractivity contribution in [3.8, 4) is 0 Å². The summed E-state index contributed by atoms with van der Waals surface area (Å²) in [5, 5.41) is 12.8. The van der Waals surface area contributed by atoms with Crippen LogP contribution in [0.15, 0.2) is 0 Å². The smallest absolute Gasteiger partial charge is 0.0541 e. The zero-order valence-electron chi connectivity index (χ0n) is 8.21. The topological polar surface area (TPSA) is 32.3 Å². The lowest BCUT2D eigenvalue weighted by Gasteiger charge is -2.26. The molecule has 0 amide bonds. The average molecular weight is 171 g/mol. The minimum atomic E-state index is -0.0258. The van der Waals surface area contributed by atoms with Crippen molar-refractivity contribution < 1.29 is 5.11 Å². The Hall–Kier alpha value is -0.0800. The van der Waals surface area contributed by atoms with E-state index in [1.807, 2.05) is 0 Å². The summed E-state index contributed by atoms with van der Waals surface area (Å²) in [5.41, 5.74) is 0. The van der Waals surface area contributed by atoms with E-state index in [2.05, 4.69) is 19.2 Å². The molecule has 0 atom stereocenters. The fourth-order valence-corrected chi connectivity index (χ4v) is 1.68. The molecule has 2 nitrogen and oxygen atoms in total. The van der Waals surface area contributed by atoms with Gasteiger partial charge in [-0.1, -0.05) is 13.8 Å². The molecule has 0 aliphatic heterocycles. The minimum absolute atomic E-state index is 0.0258. The molecule has 1 aliphatic carbocycles. The number of nitrogens with one attached hydrogen (secondary N) is 1. The van der Waals surface area contributed by atoms with E-state index >= 15 is 0 Å². The Bertz CT molecular complexity index is 117. The predicted octanol–water partition coefficient (Wildman–Crippen LogP) is 1.54. The molecule has 0 aromatic heterocycles. The number of hydrogen-bond donors (Lipinski definition) is 2. The molecule has 0 spiro atoms. The largest absolute Gasteiger partial charge is 0.393 e. The fourth-order valence-electron chi connectivity index (χ4n) is 1.68. The monoisotopic (exact) mass is 171 g/mol. The minimum Gasteiger partial charge on any atom is -0.393 e. The molecule has 0 unspecified atom stereocenters. The second-order valence-corrected chi connectivity index (χ2v) is 4.31. The lowest BCUT2D eigenvalue weighted by atomic mass is 9.93. The Morgan fingerprint density at radius 2 is 1.83 bits per heavy atom. The van der Waals surface area contributed by atoms with E-state index in [0.29, 0.717) is 6.04 Å². The molecule has 0 heterocycles. The van der Waals surface area contributed by atoms with Crippen LogP contribution in [0.1, 0.15) is 39.5 Å². The maximum Gasteiger partial charge on any atom is 0.0541 e. The van der Waals surface area contributed by atoms with Gasteiger partial charge in [-0.25, -0.2) is 0 Å². The van der Waals surface area contributed by atoms with Crippen LogP contribution in [0.3, 0.4) is 0 Å². The number of aliphatic hydroxyl groups excluding tert-OH is 1. The first-order chi connectivity index (χ1) is 5.68. The maximum atomic E-state index is 9.28. The summed E-state index contributed by atoms with van der Waals surface area (Å²) >= 11 is 0. The van der Waals surface area contributed by atoms with Gasteiger partial charge >= 0.3 is 0 Å². The van der Waals surface area contributed by atoms with Crippen LogP contribution in [0.4, 0.5) is 0 Å². The van der Waals surface area contributed by atoms with Crippen LogP contribution in [0.5, 0.6) is 0 Å². The number of hydrogen-bond acceptors (Lipinski definition) is 2. The van der Waals surface area contributed by atoms with Crippen molar-refractivity contribution in [2.24, 2.45) is 5.92 Å². The predicted molar refractivity (Wildman–Crippen MR) is 51.1 cm³/mol. The first-order valence-corrected chi connectivity index (χ1v) is 5.10. The maximum absolute atomic E-state index is 9.28. The normalized spacial score (nSPS) is 31.0. The number of aliphatic hydroxyl groups is 1. The van der Waals surface area contributed by atoms with Gasteiger partial charge < -0.3 is 10.4 Å². The van der Waals surface area contributed by atoms with E-state index in [1.54, 1.807) is 0 Å². The van der Waals surface area contributed by atoms with E-state index in [-0.39, 0.29) is 6.10 Å². The van der Waals surface area contributed by atoms with Crippen molar-refractivity contribution in [1.82, 2.24) is 5.32 Å². The molecular weight excluding hydrogens is 150 g/mol. The van der Waals surface area contributed by atoms with Gasteiger partial charge in [0.1, 0.15) is 0 Å². The highest BCUT2D eigenvalue weighted by atomic mass is 16.3. The molecule has 12 heavy (non-hydrogen) atoms. The Balaban J connectivity index is 2.09. The standard InChI is InChI=1S/C10H21NO/c1-8(2)7-11-9-3-5-10(12)6-4-9/h8-12H,3-7H2,1-2H3. The van der Waals surface area contributed by atoms with Gasteiger partial charge in [-0.05, 0) is 38.1 Å². The van der Waals surface area contributed by atoms with E-state index in [1.165, 1.54) is 0 Å². The highest BCUT2D eigenvalue weighted by molar-refractivity contribution is 4.76. The molecule has 72 valence electrons. The fraction of sp³-hybridized carbons (Fsp3) is 1.00. The zero-order valence-corrected chi connectivity index (χ0v) is 8.21. The highest BCUT2D eigenvalue weighted by Gasteiger charge is 2.18. The molecular formula is C10H21NO. The van der Waals surface area contributed by atoms with Gasteiger partial charge in [0.25, 0.3) is 0 Å². The third kappa shape index (κ3) is 3.55. The van der Waals surface area contributed by atoms with Crippen LogP contribution in [-0.2, 0) is 0 Å². The molecule has 0 radical (unpaired) electrons. The van der Waals surface area contributed by atoms with Crippen LogP contribution < -0.4 is 5.32 Å². The van der Waals surface area contributed by atoms with Gasteiger partial charge in [0.2, 0.25) is 0 Å². The Kier molecular flexibility index (Phi) is 4.02. The number of rotatable bonds is 3. The van der Waals surface area contributed by atoms with Crippen molar-refractivity contribution in [3.05, 3.63) is 0 Å². The quantitative estimate of drug-likeness (QED) is 0.675. The molecule has 2 heteroatoms. The summed E-state index contributed by atoms with van der Waals surface area (Å²) in [4.78, 5) is 0. The molecule has 0 saturated heterocycles. The van der Waals surface area contributed by atoms with E-state index < -0.39 is 0 Å². The third-order valence-electron chi connectivity index (χ3n) is 2.51. The zero-order chi connectivity index (χ0) is 8.97. The average Bonchev–Trinajstić information content (AvgIpc) is 2.03. The van der Waals surface area contributed by atoms with E-state index in [0.717, 1.165) is 38.1 Å². The Morgan fingerprint density at radius 1 is 1.25 bits per heavy atom. The highest BCUT2D eigenvalue weighted by Crippen LogP contribution is 2.18. The van der Waals surface area contributed by atoms with Gasteiger partial charge in [-0.3, -0.25) is 0 Å². The van der Waals surface area contributed by atoms with Crippen LogP contribution in [0.2, 0.25) is 0 Å². The lowest BCUT2D eigenvalue weighted by Crippen LogP contribution is -2.36. The summed E-state index contributed by atoms with van der Waals surface area (Å²) < 4.78 is 0. The van der Waals surface area contributed by atoms with Crippen molar-refractivity contribution in [1.29, 1.82) is 0 Å². The Morgan fingerprint density at radius 3 is 2.33 bits per heavy atom. The molecule has 1 fully saturated rings. The molecule has 0 aromatic rings. The van der Waals surface area contributed by atoms with Crippen LogP contribution >= 0.6 is 0 Å². The van der Waals surface area contributed by atoms with Gasteiger partial charge in [-0.2, -0.15) is 0 Å². The van der Waals surface area contributed by atoms with Crippen molar-refractivity contribution >= 4 is 0 Å². The van der Waals surface area contributed by atoms with E-state index in [9.17, 15) is 5.11 Å². The first kappa shape index (κ1) is 10.0. The summed E-state index contributed by atoms with van der Waals surface area (Å²) in [5.74, 6) is 0.733. The van der Waals surface area contributed by atoms with Gasteiger partial charge in [0.05, 0.1) is 6.10 Å². The lowest BCUT2D eigenvalue weighted by molar-refractivity contribution is 0.116. The van der Waals surface area contributed by atoms with Gasteiger partial charge in [0, 0.05) is 6.04 Å². The summed E-state index contributed by atoms with van der Waals surface area (Å²) in [7, 11) is 0. The third-order valence-corrected chi connectivity index (χ3v) is 2.51. The molecule has 1 saturated carbocycles. The van der Waals surface area contributed by atoms with Crippen molar-refractivity contribution in [2.75, 3.05) is 6.54 Å². The SMILES string of the molecule is CC(C)CNC1CCC(O)CC1. The molecule has 0 aromatic carbocycles. The molecule has 0 bridgehead atoms. The summed E-state index contributed by atoms with van der Waals surface area (Å²) in [6.45, 7) is 5.57. The van der Waals surface area contributed by atoms with Crippen LogP contribution in [-0.4, -0.2) is 23.8 Å². The summed E-state index contributed by atoms with van der Waals surface area (Å²) in [6, 6.07) is 0.663.